The molecule has 2 aromatic heterocycles. The number of piperazine rings is 1. The number of benzene rings is 1. The fourth-order valence-electron chi connectivity index (χ4n) is 4.67. The average Bonchev–Trinajstić information content (AvgIpc) is 3.16. The topological polar surface area (TPSA) is 61.1 Å². The Bertz CT molecular complexity index is 1060. The molecule has 6 nitrogen and oxygen atoms in total. The van der Waals surface area contributed by atoms with Crippen molar-refractivity contribution in [2.24, 2.45) is 0 Å². The zero-order chi connectivity index (χ0) is 22.7. The summed E-state index contributed by atoms with van der Waals surface area (Å²) < 4.78 is 2.18. The van der Waals surface area contributed by atoms with E-state index in [0.717, 1.165) is 61.5 Å². The molecule has 170 valence electrons. The van der Waals surface area contributed by atoms with Crippen LogP contribution in [0, 0.1) is 0 Å². The van der Waals surface area contributed by atoms with Crippen LogP contribution >= 0.6 is 0 Å². The molecule has 32 heavy (non-hydrogen) atoms. The lowest BCUT2D eigenvalue weighted by atomic mass is 10.00. The van der Waals surface area contributed by atoms with Gasteiger partial charge in [0, 0.05) is 44.0 Å². The molecule has 1 atom stereocenters. The summed E-state index contributed by atoms with van der Waals surface area (Å²) in [7, 11) is 0. The number of imidazole rings is 1. The van der Waals surface area contributed by atoms with E-state index in [-0.39, 0.29) is 6.04 Å². The normalized spacial score (nSPS) is 17.4. The second kappa shape index (κ2) is 9.74. The van der Waals surface area contributed by atoms with E-state index in [1.54, 1.807) is 4.90 Å². The summed E-state index contributed by atoms with van der Waals surface area (Å²) >= 11 is 0. The van der Waals surface area contributed by atoms with Gasteiger partial charge in [-0.1, -0.05) is 63.9 Å². The number of fused-ring (bicyclic) bond motifs is 1. The monoisotopic (exact) mass is 434 g/mol. The lowest BCUT2D eigenvalue weighted by Crippen LogP contribution is -2.54. The Morgan fingerprint density at radius 1 is 1.16 bits per heavy atom. The van der Waals surface area contributed by atoms with Gasteiger partial charge in [-0.05, 0) is 30.0 Å². The molecular formula is C26H34N4O2. The number of pyridine rings is 1. The van der Waals surface area contributed by atoms with Crippen molar-refractivity contribution in [3.63, 3.8) is 0 Å². The van der Waals surface area contributed by atoms with E-state index < -0.39 is 6.09 Å². The zero-order valence-electron chi connectivity index (χ0n) is 19.4. The molecule has 1 fully saturated rings. The van der Waals surface area contributed by atoms with Crippen molar-refractivity contribution in [2.75, 3.05) is 19.6 Å². The maximum atomic E-state index is 11.7. The average molecular weight is 435 g/mol. The van der Waals surface area contributed by atoms with Gasteiger partial charge in [-0.3, -0.25) is 4.90 Å². The maximum absolute atomic E-state index is 11.7. The van der Waals surface area contributed by atoms with E-state index in [0.29, 0.717) is 12.5 Å². The Morgan fingerprint density at radius 2 is 1.94 bits per heavy atom. The van der Waals surface area contributed by atoms with Crippen LogP contribution in [-0.4, -0.2) is 56.1 Å². The number of carboxylic acid groups (broad SMARTS) is 1. The maximum Gasteiger partial charge on any atom is 0.407 e. The van der Waals surface area contributed by atoms with Crippen LogP contribution in [0.3, 0.4) is 0 Å². The minimum absolute atomic E-state index is 0.0501. The van der Waals surface area contributed by atoms with Gasteiger partial charge in [0.15, 0.2) is 0 Å². The molecule has 1 amide bonds. The van der Waals surface area contributed by atoms with E-state index in [4.69, 9.17) is 4.98 Å². The molecule has 1 N–H and O–H groups in total. The summed E-state index contributed by atoms with van der Waals surface area (Å²) in [6, 6.07) is 14.9. The molecule has 0 radical (unpaired) electrons. The fourth-order valence-corrected chi connectivity index (χ4v) is 4.67. The Balaban J connectivity index is 1.63. The predicted octanol–water partition coefficient (Wildman–Crippen LogP) is 5.48. The van der Waals surface area contributed by atoms with Gasteiger partial charge in [-0.2, -0.15) is 0 Å². The first-order valence-corrected chi connectivity index (χ1v) is 11.8. The number of rotatable bonds is 7. The highest BCUT2D eigenvalue weighted by atomic mass is 16.4. The van der Waals surface area contributed by atoms with Crippen molar-refractivity contribution in [1.29, 1.82) is 0 Å². The number of nitrogens with zero attached hydrogens (tertiary/aromatic N) is 4. The van der Waals surface area contributed by atoms with Crippen LogP contribution in [-0.2, 0) is 6.54 Å². The van der Waals surface area contributed by atoms with Crippen LogP contribution in [0.25, 0.3) is 16.9 Å². The van der Waals surface area contributed by atoms with E-state index >= 15 is 0 Å². The second-order valence-electron chi connectivity index (χ2n) is 9.12. The molecule has 6 heteroatoms. The van der Waals surface area contributed by atoms with Crippen LogP contribution < -0.4 is 0 Å². The number of aromatic nitrogens is 2. The third-order valence-corrected chi connectivity index (χ3v) is 6.56. The Hall–Kier alpha value is -2.86. The van der Waals surface area contributed by atoms with Gasteiger partial charge in [0.25, 0.3) is 0 Å². The summed E-state index contributed by atoms with van der Waals surface area (Å²) in [5, 5.41) is 9.64. The Kier molecular flexibility index (Phi) is 6.80. The van der Waals surface area contributed by atoms with Gasteiger partial charge < -0.3 is 14.4 Å². The molecule has 1 aliphatic rings. The van der Waals surface area contributed by atoms with Gasteiger partial charge in [0.1, 0.15) is 5.65 Å². The summed E-state index contributed by atoms with van der Waals surface area (Å²) in [6.07, 6.45) is 4.31. The lowest BCUT2D eigenvalue weighted by molar-refractivity contribution is 0.0597. The molecule has 1 aromatic carbocycles. The van der Waals surface area contributed by atoms with Gasteiger partial charge in [0.2, 0.25) is 0 Å². The second-order valence-corrected chi connectivity index (χ2v) is 9.12. The summed E-state index contributed by atoms with van der Waals surface area (Å²) in [5.74, 6) is 0.496. The summed E-state index contributed by atoms with van der Waals surface area (Å²) in [6.45, 7) is 9.37. The first-order chi connectivity index (χ1) is 15.5. The van der Waals surface area contributed by atoms with Gasteiger partial charge in [0.05, 0.1) is 11.4 Å². The van der Waals surface area contributed by atoms with Crippen molar-refractivity contribution < 1.29 is 9.90 Å². The minimum atomic E-state index is -0.800. The predicted molar refractivity (Wildman–Crippen MR) is 128 cm³/mol. The zero-order valence-corrected chi connectivity index (χ0v) is 19.4. The van der Waals surface area contributed by atoms with Crippen molar-refractivity contribution in [1.82, 2.24) is 19.2 Å². The van der Waals surface area contributed by atoms with Crippen LogP contribution in [0.4, 0.5) is 4.79 Å². The molecule has 4 rings (SSSR count). The molecule has 0 spiro atoms. The Labute approximate surface area is 190 Å². The van der Waals surface area contributed by atoms with Crippen molar-refractivity contribution in [3.8, 4) is 11.3 Å². The third-order valence-electron chi connectivity index (χ3n) is 6.56. The van der Waals surface area contributed by atoms with E-state index in [9.17, 15) is 9.90 Å². The highest BCUT2D eigenvalue weighted by Gasteiger charge is 2.30. The molecule has 0 aliphatic carbocycles. The third kappa shape index (κ3) is 4.65. The lowest BCUT2D eigenvalue weighted by Gasteiger charge is -2.40. The first kappa shape index (κ1) is 22.3. The van der Waals surface area contributed by atoms with E-state index in [1.165, 1.54) is 5.56 Å². The highest BCUT2D eigenvalue weighted by Crippen LogP contribution is 2.28. The Morgan fingerprint density at radius 3 is 2.62 bits per heavy atom. The van der Waals surface area contributed by atoms with Gasteiger partial charge >= 0.3 is 6.09 Å². The molecule has 0 bridgehead atoms. The molecule has 0 saturated carbocycles. The highest BCUT2D eigenvalue weighted by molar-refractivity contribution is 5.67. The molecule has 1 unspecified atom stereocenters. The van der Waals surface area contributed by atoms with E-state index in [2.05, 4.69) is 60.5 Å². The van der Waals surface area contributed by atoms with Gasteiger partial charge in [-0.25, -0.2) is 9.78 Å². The summed E-state index contributed by atoms with van der Waals surface area (Å²) in [4.78, 5) is 20.7. The van der Waals surface area contributed by atoms with Crippen LogP contribution in [0.1, 0.15) is 57.2 Å². The largest absolute Gasteiger partial charge is 0.465 e. The number of amides is 1. The van der Waals surface area contributed by atoms with Crippen molar-refractivity contribution in [2.45, 2.75) is 58.5 Å². The minimum Gasteiger partial charge on any atom is -0.465 e. The van der Waals surface area contributed by atoms with Crippen LogP contribution in [0.2, 0.25) is 0 Å². The SMILES string of the molecule is CCCCC1CN(Cc2c(-c3ccc(C(C)C)cc3)nc3ccccn23)CCN1C(=O)O. The number of hydrogen-bond donors (Lipinski definition) is 1. The van der Waals surface area contributed by atoms with Crippen LogP contribution in [0.5, 0.6) is 0 Å². The summed E-state index contributed by atoms with van der Waals surface area (Å²) in [5.41, 5.74) is 5.56. The molecule has 1 aliphatic heterocycles. The number of unbranched alkanes of at least 4 members (excludes halogenated alkanes) is 1. The quantitative estimate of drug-likeness (QED) is 0.535. The molecule has 1 saturated heterocycles. The molecule has 3 heterocycles. The smallest absolute Gasteiger partial charge is 0.407 e. The number of hydrogen-bond acceptors (Lipinski definition) is 3. The van der Waals surface area contributed by atoms with Crippen LogP contribution in [0.15, 0.2) is 48.7 Å². The van der Waals surface area contributed by atoms with Gasteiger partial charge in [-0.15, -0.1) is 0 Å². The fraction of sp³-hybridized carbons (Fsp3) is 0.462. The standard InChI is InChI=1S/C26H34N4O2/c1-4-5-8-22-17-28(15-16-29(22)26(31)32)18-23-25(27-24-9-6-7-14-30(23)24)21-12-10-20(11-13-21)19(2)3/h6-7,9-14,19,22H,4-5,8,15-18H2,1-3H3,(H,31,32). The first-order valence-electron chi connectivity index (χ1n) is 11.8. The van der Waals surface area contributed by atoms with Crippen molar-refractivity contribution in [3.05, 3.63) is 59.9 Å². The van der Waals surface area contributed by atoms with Crippen molar-refractivity contribution >= 4 is 11.7 Å². The molecular weight excluding hydrogens is 400 g/mol. The van der Waals surface area contributed by atoms with E-state index in [1.807, 2.05) is 18.2 Å². The molecule has 3 aromatic rings. The number of carbonyl (C=O) groups is 1.